The number of para-hydroxylation sites is 1. The summed E-state index contributed by atoms with van der Waals surface area (Å²) in [5.41, 5.74) is 2.91. The molecule has 1 aromatic heterocycles. The van der Waals surface area contributed by atoms with Gasteiger partial charge in [0.1, 0.15) is 6.04 Å². The minimum Gasteiger partial charge on any atom is -0.339 e. The number of rotatable bonds is 3. The lowest BCUT2D eigenvalue weighted by Crippen LogP contribution is -2.42. The fourth-order valence-electron chi connectivity index (χ4n) is 3.36. The van der Waals surface area contributed by atoms with Crippen LogP contribution in [0.1, 0.15) is 28.2 Å². The monoisotopic (exact) mass is 395 g/mol. The molecule has 7 nitrogen and oxygen atoms in total. The molecule has 1 aromatic carbocycles. The first-order chi connectivity index (χ1) is 12.1. The summed E-state index contributed by atoms with van der Waals surface area (Å²) in [6, 6.07) is 6.65. The Morgan fingerprint density at radius 2 is 2.15 bits per heavy atom. The molecule has 2 aliphatic rings. The van der Waals surface area contributed by atoms with Crippen LogP contribution in [0.4, 0.5) is 5.69 Å². The number of fused-ring (bicyclic) bond motifs is 1. The van der Waals surface area contributed by atoms with Crippen molar-refractivity contribution in [3.05, 3.63) is 46.2 Å². The second kappa shape index (κ2) is 7.65. The van der Waals surface area contributed by atoms with Crippen LogP contribution in [0.2, 0.25) is 5.02 Å². The van der Waals surface area contributed by atoms with Crippen molar-refractivity contribution in [1.82, 2.24) is 20.8 Å². The van der Waals surface area contributed by atoms with Gasteiger partial charge in [-0.25, -0.2) is 0 Å². The van der Waals surface area contributed by atoms with Crippen LogP contribution >= 0.6 is 24.0 Å². The molecular formula is C17H19Cl2N5O2. The number of amides is 2. The van der Waals surface area contributed by atoms with Gasteiger partial charge in [0.15, 0.2) is 5.69 Å². The number of H-pyrrole nitrogens is 1. The minimum absolute atomic E-state index is 0. The van der Waals surface area contributed by atoms with Crippen molar-refractivity contribution in [3.63, 3.8) is 0 Å². The second-order valence-electron chi connectivity index (χ2n) is 6.21. The third-order valence-corrected chi connectivity index (χ3v) is 5.00. The quantitative estimate of drug-likeness (QED) is 0.736. The van der Waals surface area contributed by atoms with Crippen LogP contribution in [-0.4, -0.2) is 41.1 Å². The van der Waals surface area contributed by atoms with Gasteiger partial charge >= 0.3 is 0 Å². The molecule has 0 bridgehead atoms. The third kappa shape index (κ3) is 3.30. The highest BCUT2D eigenvalue weighted by molar-refractivity contribution is 6.34. The molecule has 0 radical (unpaired) electrons. The SMILES string of the molecule is Cl.O=C(NC1CCN(c2ccccc2Cl)C1=O)c1n[nH]c2c1CNCC2. The van der Waals surface area contributed by atoms with Gasteiger partial charge in [0, 0.05) is 37.3 Å². The predicted octanol–water partition coefficient (Wildman–Crippen LogP) is 1.67. The zero-order valence-corrected chi connectivity index (χ0v) is 15.5. The Balaban J connectivity index is 0.00000196. The Kier molecular flexibility index (Phi) is 5.50. The minimum atomic E-state index is -0.562. The van der Waals surface area contributed by atoms with E-state index in [-0.39, 0.29) is 24.2 Å². The largest absolute Gasteiger partial charge is 0.339 e. The Morgan fingerprint density at radius 1 is 1.35 bits per heavy atom. The van der Waals surface area contributed by atoms with Crippen LogP contribution < -0.4 is 15.5 Å². The Morgan fingerprint density at radius 3 is 2.96 bits per heavy atom. The van der Waals surface area contributed by atoms with Crippen LogP contribution in [0.3, 0.4) is 0 Å². The van der Waals surface area contributed by atoms with E-state index < -0.39 is 6.04 Å². The zero-order chi connectivity index (χ0) is 17.4. The summed E-state index contributed by atoms with van der Waals surface area (Å²) in [4.78, 5) is 26.9. The Hall–Kier alpha value is -2.09. The molecule has 2 aliphatic heterocycles. The zero-order valence-electron chi connectivity index (χ0n) is 13.9. The van der Waals surface area contributed by atoms with Crippen molar-refractivity contribution >= 4 is 41.5 Å². The fraction of sp³-hybridized carbons (Fsp3) is 0.353. The number of aromatic nitrogens is 2. The van der Waals surface area contributed by atoms with Crippen molar-refractivity contribution < 1.29 is 9.59 Å². The molecule has 0 saturated carbocycles. The molecule has 1 atom stereocenters. The average molecular weight is 396 g/mol. The van der Waals surface area contributed by atoms with Gasteiger partial charge < -0.3 is 15.5 Å². The molecule has 4 rings (SSSR count). The molecule has 138 valence electrons. The molecule has 3 heterocycles. The van der Waals surface area contributed by atoms with Crippen molar-refractivity contribution in [2.45, 2.75) is 25.4 Å². The molecule has 1 saturated heterocycles. The number of benzene rings is 1. The van der Waals surface area contributed by atoms with Crippen molar-refractivity contribution in [2.75, 3.05) is 18.0 Å². The van der Waals surface area contributed by atoms with Crippen molar-refractivity contribution in [1.29, 1.82) is 0 Å². The number of carbonyl (C=O) groups excluding carboxylic acids is 2. The summed E-state index contributed by atoms with van der Waals surface area (Å²) in [6.07, 6.45) is 1.36. The normalized spacial score (nSPS) is 19.0. The van der Waals surface area contributed by atoms with E-state index in [0.717, 1.165) is 24.2 Å². The van der Waals surface area contributed by atoms with Crippen molar-refractivity contribution in [2.24, 2.45) is 0 Å². The standard InChI is InChI=1S/C17H18ClN5O2.ClH/c18-11-3-1-2-4-14(11)23-8-6-13(17(23)25)20-16(24)15-10-9-19-7-5-12(10)21-22-15;/h1-4,13,19H,5-9H2,(H,20,24)(H,21,22);1H. The van der Waals surface area contributed by atoms with E-state index in [2.05, 4.69) is 20.8 Å². The highest BCUT2D eigenvalue weighted by Crippen LogP contribution is 2.29. The van der Waals surface area contributed by atoms with Crippen molar-refractivity contribution in [3.8, 4) is 0 Å². The number of halogens is 2. The van der Waals surface area contributed by atoms with Crippen LogP contribution in [0, 0.1) is 0 Å². The lowest BCUT2D eigenvalue weighted by atomic mass is 10.1. The van der Waals surface area contributed by atoms with Gasteiger partial charge in [0.25, 0.3) is 5.91 Å². The second-order valence-corrected chi connectivity index (χ2v) is 6.62. The molecular weight excluding hydrogens is 377 g/mol. The number of nitrogens with one attached hydrogen (secondary N) is 3. The smallest absolute Gasteiger partial charge is 0.272 e. The average Bonchev–Trinajstić information content (AvgIpc) is 3.20. The highest BCUT2D eigenvalue weighted by Gasteiger charge is 2.35. The Labute approximate surface area is 161 Å². The summed E-state index contributed by atoms with van der Waals surface area (Å²) in [5.74, 6) is -0.468. The molecule has 3 N–H and O–H groups in total. The fourth-order valence-corrected chi connectivity index (χ4v) is 3.60. The maximum atomic E-state index is 12.7. The molecule has 9 heteroatoms. The van der Waals surface area contributed by atoms with E-state index in [4.69, 9.17) is 11.6 Å². The van der Waals surface area contributed by atoms with Gasteiger partial charge in [0.2, 0.25) is 5.91 Å². The first kappa shape index (κ1) is 18.7. The van der Waals surface area contributed by atoms with E-state index in [1.165, 1.54) is 0 Å². The number of hydrogen-bond acceptors (Lipinski definition) is 4. The summed E-state index contributed by atoms with van der Waals surface area (Å²) in [5, 5.41) is 13.6. The molecule has 0 spiro atoms. The maximum absolute atomic E-state index is 12.7. The third-order valence-electron chi connectivity index (χ3n) is 4.68. The number of nitrogens with zero attached hydrogens (tertiary/aromatic N) is 2. The number of carbonyl (C=O) groups is 2. The molecule has 1 fully saturated rings. The van der Waals surface area contributed by atoms with Crippen LogP contribution in [0.25, 0.3) is 0 Å². The molecule has 0 aliphatic carbocycles. The molecule has 2 amide bonds. The van der Waals surface area contributed by atoms with E-state index in [9.17, 15) is 9.59 Å². The highest BCUT2D eigenvalue weighted by atomic mass is 35.5. The summed E-state index contributed by atoms with van der Waals surface area (Å²) >= 11 is 6.18. The summed E-state index contributed by atoms with van der Waals surface area (Å²) in [6.45, 7) is 2.00. The summed E-state index contributed by atoms with van der Waals surface area (Å²) < 4.78 is 0. The van der Waals surface area contributed by atoms with Gasteiger partial charge in [0.05, 0.1) is 10.7 Å². The van der Waals surface area contributed by atoms with E-state index in [1.807, 2.05) is 12.1 Å². The maximum Gasteiger partial charge on any atom is 0.272 e. The number of aromatic amines is 1. The van der Waals surface area contributed by atoms with E-state index in [0.29, 0.717) is 35.9 Å². The van der Waals surface area contributed by atoms with Gasteiger partial charge in [-0.1, -0.05) is 23.7 Å². The lowest BCUT2D eigenvalue weighted by Gasteiger charge is -2.18. The topological polar surface area (TPSA) is 90.1 Å². The van der Waals surface area contributed by atoms with Gasteiger partial charge in [-0.2, -0.15) is 5.10 Å². The molecule has 2 aromatic rings. The Bertz CT molecular complexity index is 838. The number of hydrogen-bond donors (Lipinski definition) is 3. The van der Waals surface area contributed by atoms with E-state index >= 15 is 0 Å². The van der Waals surface area contributed by atoms with Gasteiger partial charge in [-0.05, 0) is 18.6 Å². The first-order valence-corrected chi connectivity index (χ1v) is 8.66. The summed E-state index contributed by atoms with van der Waals surface area (Å²) in [7, 11) is 0. The number of anilines is 1. The van der Waals surface area contributed by atoms with Crippen LogP contribution in [0.5, 0.6) is 0 Å². The van der Waals surface area contributed by atoms with E-state index in [1.54, 1.807) is 17.0 Å². The molecule has 26 heavy (non-hydrogen) atoms. The van der Waals surface area contributed by atoms with Crippen LogP contribution in [-0.2, 0) is 17.8 Å². The predicted molar refractivity (Wildman–Crippen MR) is 101 cm³/mol. The van der Waals surface area contributed by atoms with Gasteiger partial charge in [-0.15, -0.1) is 12.4 Å². The lowest BCUT2D eigenvalue weighted by molar-refractivity contribution is -0.118. The molecule has 1 unspecified atom stereocenters. The van der Waals surface area contributed by atoms with Crippen LogP contribution in [0.15, 0.2) is 24.3 Å². The first-order valence-electron chi connectivity index (χ1n) is 8.29. The van der Waals surface area contributed by atoms with Gasteiger partial charge in [-0.3, -0.25) is 14.7 Å².